The molecule has 2 heterocycles. The van der Waals surface area contributed by atoms with Crippen molar-refractivity contribution in [2.45, 2.75) is 32.2 Å². The van der Waals surface area contributed by atoms with Gasteiger partial charge in [-0.05, 0) is 28.7 Å². The minimum atomic E-state index is -0.477. The lowest BCUT2D eigenvalue weighted by Crippen LogP contribution is -2.29. The highest BCUT2D eigenvalue weighted by Crippen LogP contribution is 2.38. The molecule has 4 rings (SSSR count). The molecule has 1 amide bonds. The molecule has 1 aromatic heterocycles. The quantitative estimate of drug-likeness (QED) is 0.619. The second-order valence-corrected chi connectivity index (χ2v) is 8.19. The molecule has 142 valence electrons. The van der Waals surface area contributed by atoms with Crippen molar-refractivity contribution < 1.29 is 9.21 Å². The summed E-state index contributed by atoms with van der Waals surface area (Å²) in [4.78, 5) is 27.9. The number of amides is 1. The number of carbonyl (C=O) groups is 1. The molecule has 0 radical (unpaired) electrons. The predicted molar refractivity (Wildman–Crippen MR) is 111 cm³/mol. The van der Waals surface area contributed by atoms with Crippen LogP contribution in [0.2, 0.25) is 0 Å². The maximum atomic E-state index is 13.3. The van der Waals surface area contributed by atoms with Crippen LogP contribution in [0.25, 0.3) is 11.0 Å². The Kier molecular flexibility index (Phi) is 4.22. The fraction of sp³-hybridized carbons (Fsp3) is 0.250. The van der Waals surface area contributed by atoms with Crippen LogP contribution in [0.15, 0.2) is 70.4 Å². The number of nitrogens with zero attached hydrogens (tertiary/aromatic N) is 1. The molecule has 0 aliphatic carbocycles. The number of hydrogen-bond acceptors (Lipinski definition) is 3. The highest BCUT2D eigenvalue weighted by atomic mass is 16.3. The zero-order chi connectivity index (χ0) is 20.1. The molecule has 28 heavy (non-hydrogen) atoms. The van der Waals surface area contributed by atoms with E-state index in [9.17, 15) is 9.59 Å². The number of fused-ring (bicyclic) bond motifs is 2. The van der Waals surface area contributed by atoms with E-state index in [2.05, 4.69) is 39.5 Å². The molecule has 1 aliphatic rings. The van der Waals surface area contributed by atoms with Crippen LogP contribution in [0.3, 0.4) is 0 Å². The smallest absolute Gasteiger partial charge is 0.291 e. The molecular weight excluding hydrogens is 350 g/mol. The van der Waals surface area contributed by atoms with Crippen molar-refractivity contribution >= 4 is 16.9 Å². The van der Waals surface area contributed by atoms with Crippen molar-refractivity contribution in [3.8, 4) is 0 Å². The summed E-state index contributed by atoms with van der Waals surface area (Å²) >= 11 is 0. The van der Waals surface area contributed by atoms with Gasteiger partial charge in [0.05, 0.1) is 17.0 Å². The lowest BCUT2D eigenvalue weighted by Gasteiger charge is -2.25. The van der Waals surface area contributed by atoms with Gasteiger partial charge in [0.25, 0.3) is 5.91 Å². The summed E-state index contributed by atoms with van der Waals surface area (Å²) < 4.78 is 5.88. The van der Waals surface area contributed by atoms with Gasteiger partial charge in [-0.2, -0.15) is 0 Å². The van der Waals surface area contributed by atoms with Crippen LogP contribution in [0.4, 0.5) is 0 Å². The van der Waals surface area contributed by atoms with E-state index >= 15 is 0 Å². The molecule has 0 saturated carbocycles. The first-order chi connectivity index (χ1) is 13.3. The third-order valence-electron chi connectivity index (χ3n) is 5.29. The zero-order valence-electron chi connectivity index (χ0n) is 16.4. The van der Waals surface area contributed by atoms with Gasteiger partial charge >= 0.3 is 0 Å². The van der Waals surface area contributed by atoms with Crippen LogP contribution in [0, 0.1) is 0 Å². The van der Waals surface area contributed by atoms with E-state index < -0.39 is 6.04 Å². The third-order valence-corrected chi connectivity index (χ3v) is 5.29. The lowest BCUT2D eigenvalue weighted by atomic mass is 9.86. The molecule has 4 nitrogen and oxygen atoms in total. The molecule has 0 fully saturated rings. The number of benzene rings is 2. The summed E-state index contributed by atoms with van der Waals surface area (Å²) in [5, 5.41) is 0.491. The SMILES string of the molecule is C=CCN1C(=O)c2oc3ccccc3c(=O)c2C1c1ccc(C(C)(C)C)cc1. The second-order valence-electron chi connectivity index (χ2n) is 8.19. The van der Waals surface area contributed by atoms with E-state index in [0.717, 1.165) is 5.56 Å². The molecule has 4 heteroatoms. The molecule has 3 aromatic rings. The Morgan fingerprint density at radius 3 is 2.39 bits per heavy atom. The number of carbonyl (C=O) groups excluding carboxylic acids is 1. The van der Waals surface area contributed by atoms with E-state index in [-0.39, 0.29) is 22.5 Å². The average molecular weight is 373 g/mol. The van der Waals surface area contributed by atoms with E-state index in [1.807, 2.05) is 12.1 Å². The van der Waals surface area contributed by atoms with E-state index in [1.54, 1.807) is 35.2 Å². The largest absolute Gasteiger partial charge is 0.450 e. The molecule has 0 saturated heterocycles. The van der Waals surface area contributed by atoms with Gasteiger partial charge in [-0.15, -0.1) is 6.58 Å². The Hall–Kier alpha value is -3.14. The van der Waals surface area contributed by atoms with Gasteiger partial charge in [0.15, 0.2) is 5.43 Å². The van der Waals surface area contributed by atoms with E-state index in [4.69, 9.17) is 4.42 Å². The van der Waals surface area contributed by atoms with Crippen LogP contribution in [-0.2, 0) is 5.41 Å². The molecule has 1 aliphatic heterocycles. The summed E-state index contributed by atoms with van der Waals surface area (Å²) in [6, 6.07) is 14.7. The van der Waals surface area contributed by atoms with Crippen LogP contribution >= 0.6 is 0 Å². The first kappa shape index (κ1) is 18.2. The van der Waals surface area contributed by atoms with Gasteiger partial charge in [0.1, 0.15) is 5.58 Å². The Morgan fingerprint density at radius 2 is 1.75 bits per heavy atom. The van der Waals surface area contributed by atoms with Gasteiger partial charge in [-0.1, -0.05) is 63.2 Å². The average Bonchev–Trinajstić information content (AvgIpc) is 2.94. The van der Waals surface area contributed by atoms with Crippen LogP contribution in [0.1, 0.15) is 54.1 Å². The van der Waals surface area contributed by atoms with Crippen LogP contribution < -0.4 is 5.43 Å². The molecule has 0 spiro atoms. The zero-order valence-corrected chi connectivity index (χ0v) is 16.4. The Bertz CT molecular complexity index is 1130. The number of hydrogen-bond donors (Lipinski definition) is 0. The summed E-state index contributed by atoms with van der Waals surface area (Å²) in [5.74, 6) is -0.141. The molecular formula is C24H23NO3. The van der Waals surface area contributed by atoms with Gasteiger partial charge < -0.3 is 9.32 Å². The molecule has 0 N–H and O–H groups in total. The molecule has 2 aromatic carbocycles. The van der Waals surface area contributed by atoms with Crippen molar-refractivity contribution in [3.63, 3.8) is 0 Å². The van der Waals surface area contributed by atoms with Crippen molar-refractivity contribution in [1.29, 1.82) is 0 Å². The Morgan fingerprint density at radius 1 is 1.07 bits per heavy atom. The van der Waals surface area contributed by atoms with Crippen molar-refractivity contribution in [3.05, 3.63) is 93.9 Å². The third kappa shape index (κ3) is 2.76. The number of para-hydroxylation sites is 1. The summed E-state index contributed by atoms with van der Waals surface area (Å²) in [6.45, 7) is 10.6. The van der Waals surface area contributed by atoms with Crippen LogP contribution in [0.5, 0.6) is 0 Å². The highest BCUT2D eigenvalue weighted by Gasteiger charge is 2.42. The van der Waals surface area contributed by atoms with Gasteiger partial charge in [0, 0.05) is 6.54 Å². The normalized spacial score (nSPS) is 16.5. The second kappa shape index (κ2) is 6.48. The Balaban J connectivity index is 1.93. The van der Waals surface area contributed by atoms with Crippen molar-refractivity contribution in [2.75, 3.05) is 6.54 Å². The maximum Gasteiger partial charge on any atom is 0.291 e. The van der Waals surface area contributed by atoms with Crippen LogP contribution in [-0.4, -0.2) is 17.4 Å². The Labute approximate surface area is 164 Å². The minimum Gasteiger partial charge on any atom is -0.450 e. The summed E-state index contributed by atoms with van der Waals surface area (Å²) in [5.41, 5.74) is 2.81. The molecule has 1 unspecified atom stereocenters. The fourth-order valence-corrected chi connectivity index (χ4v) is 3.81. The molecule has 0 bridgehead atoms. The minimum absolute atomic E-state index is 0.0258. The maximum absolute atomic E-state index is 13.3. The number of rotatable bonds is 3. The summed E-state index contributed by atoms with van der Waals surface area (Å²) in [6.07, 6.45) is 1.67. The molecule has 1 atom stereocenters. The standard InChI is InChI=1S/C24H23NO3/c1-5-14-25-20(15-10-12-16(13-11-15)24(2,3)4)19-21(26)17-8-6-7-9-18(17)28-22(19)23(25)27/h5-13,20H,1,14H2,2-4H3. The topological polar surface area (TPSA) is 50.5 Å². The van der Waals surface area contributed by atoms with E-state index in [0.29, 0.717) is 23.1 Å². The monoisotopic (exact) mass is 373 g/mol. The van der Waals surface area contributed by atoms with Gasteiger partial charge in [0.2, 0.25) is 5.76 Å². The van der Waals surface area contributed by atoms with Crippen molar-refractivity contribution in [2.24, 2.45) is 0 Å². The summed E-state index contributed by atoms with van der Waals surface area (Å²) in [7, 11) is 0. The van der Waals surface area contributed by atoms with Crippen molar-refractivity contribution in [1.82, 2.24) is 4.90 Å². The predicted octanol–water partition coefficient (Wildman–Crippen LogP) is 4.82. The van der Waals surface area contributed by atoms with Gasteiger partial charge in [-0.3, -0.25) is 9.59 Å². The first-order valence-electron chi connectivity index (χ1n) is 9.41. The fourth-order valence-electron chi connectivity index (χ4n) is 3.81. The van der Waals surface area contributed by atoms with E-state index in [1.165, 1.54) is 5.56 Å². The van der Waals surface area contributed by atoms with Gasteiger partial charge in [-0.25, -0.2) is 0 Å². The lowest BCUT2D eigenvalue weighted by molar-refractivity contribution is 0.0748. The highest BCUT2D eigenvalue weighted by molar-refractivity contribution is 5.99. The first-order valence-corrected chi connectivity index (χ1v) is 9.41.